The molecule has 1 fully saturated rings. The van der Waals surface area contributed by atoms with Gasteiger partial charge in [-0.1, -0.05) is 6.07 Å². The number of benzene rings is 1. The van der Waals surface area contributed by atoms with E-state index in [1.807, 2.05) is 20.9 Å². The first kappa shape index (κ1) is 14.3. The Kier molecular flexibility index (Phi) is 4.16. The number of carbonyl (C=O) groups excluding carboxylic acids is 1. The summed E-state index contributed by atoms with van der Waals surface area (Å²) in [5.74, 6) is 0.0740. The number of carbonyl (C=O) groups is 1. The molecule has 1 amide bonds. The van der Waals surface area contributed by atoms with Crippen LogP contribution in [0.15, 0.2) is 22.7 Å². The minimum Gasteiger partial charge on any atom is -0.355 e. The lowest BCUT2D eigenvalue weighted by atomic mass is 9.97. The molecular weight excluding hydrogens is 306 g/mol. The van der Waals surface area contributed by atoms with Crippen molar-refractivity contribution in [3.63, 3.8) is 0 Å². The minimum atomic E-state index is -0.523. The lowest BCUT2D eigenvalue weighted by Gasteiger charge is -2.43. The smallest absolute Gasteiger partial charge is 0.245 e. The van der Waals surface area contributed by atoms with Crippen LogP contribution < -0.4 is 15.5 Å². The molecule has 1 aliphatic heterocycles. The second kappa shape index (κ2) is 5.51. The topological polar surface area (TPSA) is 44.4 Å². The number of hydrogen-bond donors (Lipinski definition) is 2. The van der Waals surface area contributed by atoms with Crippen molar-refractivity contribution in [2.45, 2.75) is 25.9 Å². The van der Waals surface area contributed by atoms with Crippen molar-refractivity contribution in [3.05, 3.63) is 28.2 Å². The summed E-state index contributed by atoms with van der Waals surface area (Å²) >= 11 is 3.62. The van der Waals surface area contributed by atoms with Crippen LogP contribution in [0.5, 0.6) is 0 Å². The van der Waals surface area contributed by atoms with Crippen LogP contribution in [0.25, 0.3) is 0 Å². The molecule has 0 unspecified atom stereocenters. The van der Waals surface area contributed by atoms with E-state index in [0.717, 1.165) is 23.2 Å². The molecule has 1 saturated heterocycles. The Hall–Kier alpha value is -1.07. The summed E-state index contributed by atoms with van der Waals surface area (Å²) in [5.41, 5.74) is 1.77. The van der Waals surface area contributed by atoms with E-state index in [-0.39, 0.29) is 5.91 Å². The highest BCUT2D eigenvalue weighted by molar-refractivity contribution is 9.10. The SMILES string of the molecule is CNCc1ccc(N2CCNC(=O)C2(C)C)c(Br)c1. The average Bonchev–Trinajstić information content (AvgIpc) is 2.34. The normalized spacial score (nSPS) is 18.3. The Morgan fingerprint density at radius 3 is 2.84 bits per heavy atom. The van der Waals surface area contributed by atoms with Crippen LogP contribution in [0.2, 0.25) is 0 Å². The van der Waals surface area contributed by atoms with Gasteiger partial charge in [0, 0.05) is 24.1 Å². The minimum absolute atomic E-state index is 0.0740. The number of nitrogens with zero attached hydrogens (tertiary/aromatic N) is 1. The third kappa shape index (κ3) is 2.77. The molecular formula is C14H20BrN3O. The van der Waals surface area contributed by atoms with E-state index < -0.39 is 5.54 Å². The maximum Gasteiger partial charge on any atom is 0.245 e. The van der Waals surface area contributed by atoms with E-state index in [1.54, 1.807) is 0 Å². The standard InChI is InChI=1S/C14H20BrN3O/c1-14(2)13(19)17-6-7-18(14)12-5-4-10(9-16-3)8-11(12)15/h4-5,8,16H,6-7,9H2,1-3H3,(H,17,19). The van der Waals surface area contributed by atoms with Crippen LogP contribution in [-0.4, -0.2) is 31.6 Å². The molecule has 1 heterocycles. The molecule has 0 aliphatic carbocycles. The number of nitrogens with one attached hydrogen (secondary N) is 2. The van der Waals surface area contributed by atoms with Crippen molar-refractivity contribution in [2.24, 2.45) is 0 Å². The number of amides is 1. The maximum atomic E-state index is 12.0. The Bertz CT molecular complexity index is 488. The van der Waals surface area contributed by atoms with Gasteiger partial charge in [-0.05, 0) is 54.5 Å². The average molecular weight is 326 g/mol. The van der Waals surface area contributed by atoms with Gasteiger partial charge in [0.2, 0.25) is 5.91 Å². The molecule has 104 valence electrons. The summed E-state index contributed by atoms with van der Waals surface area (Å²) in [6.45, 7) is 6.25. The fraction of sp³-hybridized carbons (Fsp3) is 0.500. The molecule has 1 aromatic carbocycles. The molecule has 0 atom stereocenters. The van der Waals surface area contributed by atoms with Crippen molar-refractivity contribution in [3.8, 4) is 0 Å². The molecule has 19 heavy (non-hydrogen) atoms. The predicted octanol–water partition coefficient (Wildman–Crippen LogP) is 1.88. The summed E-state index contributed by atoms with van der Waals surface area (Å²) in [6, 6.07) is 6.28. The number of halogens is 1. The Morgan fingerprint density at radius 2 is 2.21 bits per heavy atom. The van der Waals surface area contributed by atoms with Crippen LogP contribution in [-0.2, 0) is 11.3 Å². The van der Waals surface area contributed by atoms with E-state index in [2.05, 4.69) is 49.7 Å². The van der Waals surface area contributed by atoms with Crippen LogP contribution in [0.3, 0.4) is 0 Å². The molecule has 0 spiro atoms. The van der Waals surface area contributed by atoms with E-state index in [0.29, 0.717) is 6.54 Å². The van der Waals surface area contributed by atoms with Crippen molar-refractivity contribution in [2.75, 3.05) is 25.0 Å². The molecule has 1 aliphatic rings. The molecule has 2 rings (SSSR count). The maximum absolute atomic E-state index is 12.0. The van der Waals surface area contributed by atoms with Crippen molar-refractivity contribution < 1.29 is 4.79 Å². The Morgan fingerprint density at radius 1 is 1.47 bits per heavy atom. The van der Waals surface area contributed by atoms with Gasteiger partial charge in [0.25, 0.3) is 0 Å². The zero-order valence-corrected chi connectivity index (χ0v) is 13.2. The first-order valence-corrected chi connectivity index (χ1v) is 7.25. The van der Waals surface area contributed by atoms with Gasteiger partial charge in [-0.25, -0.2) is 0 Å². The number of anilines is 1. The molecule has 4 nitrogen and oxygen atoms in total. The Balaban J connectivity index is 2.33. The van der Waals surface area contributed by atoms with Gasteiger partial charge >= 0.3 is 0 Å². The summed E-state index contributed by atoms with van der Waals surface area (Å²) in [6.07, 6.45) is 0. The zero-order valence-electron chi connectivity index (χ0n) is 11.6. The second-order valence-corrected chi connectivity index (χ2v) is 6.14. The lowest BCUT2D eigenvalue weighted by Crippen LogP contribution is -2.62. The number of piperazine rings is 1. The molecule has 5 heteroatoms. The molecule has 2 N–H and O–H groups in total. The molecule has 0 saturated carbocycles. The van der Waals surface area contributed by atoms with Crippen molar-refractivity contribution in [1.29, 1.82) is 0 Å². The van der Waals surface area contributed by atoms with E-state index >= 15 is 0 Å². The van der Waals surface area contributed by atoms with Gasteiger partial charge in [-0.15, -0.1) is 0 Å². The zero-order chi connectivity index (χ0) is 14.0. The van der Waals surface area contributed by atoms with E-state index in [1.165, 1.54) is 5.56 Å². The van der Waals surface area contributed by atoms with E-state index in [9.17, 15) is 4.79 Å². The van der Waals surface area contributed by atoms with Crippen molar-refractivity contribution in [1.82, 2.24) is 10.6 Å². The fourth-order valence-corrected chi connectivity index (χ4v) is 3.04. The van der Waals surface area contributed by atoms with E-state index in [4.69, 9.17) is 0 Å². The molecule has 1 aromatic rings. The summed E-state index contributed by atoms with van der Waals surface area (Å²) < 4.78 is 1.03. The van der Waals surface area contributed by atoms with Gasteiger partial charge in [0.05, 0.1) is 5.69 Å². The van der Waals surface area contributed by atoms with Gasteiger partial charge in [0.1, 0.15) is 5.54 Å². The quantitative estimate of drug-likeness (QED) is 0.892. The monoisotopic (exact) mass is 325 g/mol. The first-order valence-electron chi connectivity index (χ1n) is 6.46. The van der Waals surface area contributed by atoms with Crippen LogP contribution in [0.1, 0.15) is 19.4 Å². The summed E-state index contributed by atoms with van der Waals surface area (Å²) in [7, 11) is 1.93. The summed E-state index contributed by atoms with van der Waals surface area (Å²) in [5, 5.41) is 6.05. The van der Waals surface area contributed by atoms with Gasteiger partial charge < -0.3 is 15.5 Å². The van der Waals surface area contributed by atoms with Crippen molar-refractivity contribution >= 4 is 27.5 Å². The molecule has 0 radical (unpaired) electrons. The predicted molar refractivity (Wildman–Crippen MR) is 81.3 cm³/mol. The van der Waals surface area contributed by atoms with Gasteiger partial charge in [-0.3, -0.25) is 4.79 Å². The van der Waals surface area contributed by atoms with Gasteiger partial charge in [0.15, 0.2) is 0 Å². The number of rotatable bonds is 3. The van der Waals surface area contributed by atoms with Crippen LogP contribution in [0, 0.1) is 0 Å². The number of hydrogen-bond acceptors (Lipinski definition) is 3. The highest BCUT2D eigenvalue weighted by Crippen LogP contribution is 2.33. The van der Waals surface area contributed by atoms with Gasteiger partial charge in [-0.2, -0.15) is 0 Å². The fourth-order valence-electron chi connectivity index (χ4n) is 2.40. The second-order valence-electron chi connectivity index (χ2n) is 5.28. The van der Waals surface area contributed by atoms with Crippen LogP contribution in [0.4, 0.5) is 5.69 Å². The highest BCUT2D eigenvalue weighted by atomic mass is 79.9. The first-order chi connectivity index (χ1) is 8.96. The Labute approximate surface area is 122 Å². The summed E-state index contributed by atoms with van der Waals surface area (Å²) in [4.78, 5) is 14.2. The van der Waals surface area contributed by atoms with Crippen LogP contribution >= 0.6 is 15.9 Å². The molecule has 0 bridgehead atoms. The largest absolute Gasteiger partial charge is 0.355 e. The lowest BCUT2D eigenvalue weighted by molar-refractivity contribution is -0.126. The third-order valence-corrected chi connectivity index (χ3v) is 4.17. The third-order valence-electron chi connectivity index (χ3n) is 3.54. The highest BCUT2D eigenvalue weighted by Gasteiger charge is 2.38. The molecule has 0 aromatic heterocycles.